The summed E-state index contributed by atoms with van der Waals surface area (Å²) in [6.45, 7) is 4.31. The maximum absolute atomic E-state index is 12.0. The zero-order chi connectivity index (χ0) is 14.8. The predicted octanol–water partition coefficient (Wildman–Crippen LogP) is 1.70. The van der Waals surface area contributed by atoms with E-state index >= 15 is 0 Å². The number of carboxylic acid groups (broad SMARTS) is 1. The topological polar surface area (TPSA) is 66.8 Å². The Balaban J connectivity index is 1.87. The first-order chi connectivity index (χ1) is 9.40. The highest BCUT2D eigenvalue weighted by atomic mass is 16.5. The number of hydrogen-bond acceptors (Lipinski definition) is 3. The Bertz CT molecular complexity index is 511. The Morgan fingerprint density at radius 1 is 1.35 bits per heavy atom. The smallest absolute Gasteiger partial charge is 0.311 e. The van der Waals surface area contributed by atoms with Gasteiger partial charge in [-0.1, -0.05) is 17.7 Å². The van der Waals surface area contributed by atoms with E-state index < -0.39 is 11.4 Å². The van der Waals surface area contributed by atoms with Crippen molar-refractivity contribution in [1.29, 1.82) is 0 Å². The molecule has 5 nitrogen and oxygen atoms in total. The fraction of sp³-hybridized carbons (Fsp3) is 0.467. The molecule has 1 aliphatic rings. The van der Waals surface area contributed by atoms with Crippen molar-refractivity contribution in [3.63, 3.8) is 0 Å². The van der Waals surface area contributed by atoms with Gasteiger partial charge < -0.3 is 14.7 Å². The number of aryl methyl sites for hydroxylation is 1. The predicted molar refractivity (Wildman–Crippen MR) is 73.6 cm³/mol. The lowest BCUT2D eigenvalue weighted by molar-refractivity contribution is -0.147. The van der Waals surface area contributed by atoms with Gasteiger partial charge in [0.1, 0.15) is 5.75 Å². The number of carbonyl (C=O) groups is 2. The van der Waals surface area contributed by atoms with Crippen LogP contribution in [0.4, 0.5) is 0 Å². The van der Waals surface area contributed by atoms with E-state index in [-0.39, 0.29) is 19.1 Å². The molecular formula is C15H19NO4. The number of carboxylic acids is 1. The summed E-state index contributed by atoms with van der Waals surface area (Å²) in [5.41, 5.74) is 0.292. The zero-order valence-electron chi connectivity index (χ0n) is 11.8. The number of nitrogens with zero attached hydrogens (tertiary/aromatic N) is 1. The quantitative estimate of drug-likeness (QED) is 0.909. The number of amides is 1. The molecule has 108 valence electrons. The van der Waals surface area contributed by atoms with Crippen LogP contribution < -0.4 is 4.74 Å². The van der Waals surface area contributed by atoms with Gasteiger partial charge in [-0.3, -0.25) is 9.59 Å². The van der Waals surface area contributed by atoms with Gasteiger partial charge in [0.15, 0.2) is 6.61 Å². The SMILES string of the molecule is Cc1ccc(OCC(=O)N2CC[C@@](C)(C(=O)O)C2)cc1. The van der Waals surface area contributed by atoms with E-state index in [1.165, 1.54) is 0 Å². The van der Waals surface area contributed by atoms with Crippen LogP contribution in [-0.2, 0) is 9.59 Å². The highest BCUT2D eigenvalue weighted by Gasteiger charge is 2.42. The maximum Gasteiger partial charge on any atom is 0.311 e. The Labute approximate surface area is 118 Å². The number of hydrogen-bond donors (Lipinski definition) is 1. The van der Waals surface area contributed by atoms with Crippen LogP contribution in [0.15, 0.2) is 24.3 Å². The molecule has 1 amide bonds. The number of benzene rings is 1. The third-order valence-electron chi connectivity index (χ3n) is 3.73. The Morgan fingerprint density at radius 2 is 2.00 bits per heavy atom. The van der Waals surface area contributed by atoms with E-state index in [0.717, 1.165) is 5.56 Å². The second-order valence-electron chi connectivity index (χ2n) is 5.53. The largest absolute Gasteiger partial charge is 0.484 e. The summed E-state index contributed by atoms with van der Waals surface area (Å²) in [6, 6.07) is 7.45. The van der Waals surface area contributed by atoms with Crippen molar-refractivity contribution in [2.75, 3.05) is 19.7 Å². The minimum absolute atomic E-state index is 0.0568. The van der Waals surface area contributed by atoms with Gasteiger partial charge in [-0.2, -0.15) is 0 Å². The molecule has 5 heteroatoms. The Kier molecular flexibility index (Phi) is 3.97. The van der Waals surface area contributed by atoms with Crippen LogP contribution in [0, 0.1) is 12.3 Å². The lowest BCUT2D eigenvalue weighted by Gasteiger charge is -2.20. The fourth-order valence-electron chi connectivity index (χ4n) is 2.22. The minimum Gasteiger partial charge on any atom is -0.484 e. The van der Waals surface area contributed by atoms with Crippen molar-refractivity contribution in [3.05, 3.63) is 29.8 Å². The monoisotopic (exact) mass is 277 g/mol. The van der Waals surface area contributed by atoms with Gasteiger partial charge in [-0.05, 0) is 32.4 Å². The van der Waals surface area contributed by atoms with Gasteiger partial charge in [0.05, 0.1) is 5.41 Å². The minimum atomic E-state index is -0.854. The van der Waals surface area contributed by atoms with Gasteiger partial charge in [0, 0.05) is 13.1 Å². The van der Waals surface area contributed by atoms with Gasteiger partial charge >= 0.3 is 5.97 Å². The molecule has 1 heterocycles. The standard InChI is InChI=1S/C15H19NO4/c1-11-3-5-12(6-4-11)20-9-13(17)16-8-7-15(2,10-16)14(18)19/h3-6H,7-10H2,1-2H3,(H,18,19)/t15-/m1/s1. The molecule has 1 saturated heterocycles. The first-order valence-electron chi connectivity index (χ1n) is 6.61. The fourth-order valence-corrected chi connectivity index (χ4v) is 2.22. The summed E-state index contributed by atoms with van der Waals surface area (Å²) in [6.07, 6.45) is 0.485. The van der Waals surface area contributed by atoms with Crippen LogP contribution in [-0.4, -0.2) is 41.6 Å². The first-order valence-corrected chi connectivity index (χ1v) is 6.61. The van der Waals surface area contributed by atoms with Crippen molar-refractivity contribution in [2.24, 2.45) is 5.41 Å². The third-order valence-corrected chi connectivity index (χ3v) is 3.73. The molecule has 1 aromatic rings. The van der Waals surface area contributed by atoms with Gasteiger partial charge in [0.2, 0.25) is 0 Å². The molecule has 20 heavy (non-hydrogen) atoms. The van der Waals surface area contributed by atoms with Crippen molar-refractivity contribution in [2.45, 2.75) is 20.3 Å². The summed E-state index contributed by atoms with van der Waals surface area (Å²) in [7, 11) is 0. The highest BCUT2D eigenvalue weighted by molar-refractivity contribution is 5.81. The lowest BCUT2D eigenvalue weighted by atomic mass is 9.90. The Hall–Kier alpha value is -2.04. The van der Waals surface area contributed by atoms with Gasteiger partial charge in [0.25, 0.3) is 5.91 Å². The van der Waals surface area contributed by atoms with Crippen molar-refractivity contribution < 1.29 is 19.4 Å². The summed E-state index contributed by atoms with van der Waals surface area (Å²) in [5, 5.41) is 9.14. The molecule has 0 aliphatic carbocycles. The molecule has 1 N–H and O–H groups in total. The molecule has 0 aromatic heterocycles. The van der Waals surface area contributed by atoms with E-state index in [1.54, 1.807) is 11.8 Å². The molecule has 0 saturated carbocycles. The Morgan fingerprint density at radius 3 is 2.55 bits per heavy atom. The number of rotatable bonds is 4. The van der Waals surface area contributed by atoms with Crippen molar-refractivity contribution in [3.8, 4) is 5.75 Å². The molecule has 0 bridgehead atoms. The zero-order valence-corrected chi connectivity index (χ0v) is 11.8. The van der Waals surface area contributed by atoms with Crippen LogP contribution in [0.25, 0.3) is 0 Å². The molecule has 0 radical (unpaired) electrons. The number of carbonyl (C=O) groups excluding carboxylic acids is 1. The summed E-state index contributed by atoms with van der Waals surface area (Å²) >= 11 is 0. The van der Waals surface area contributed by atoms with Gasteiger partial charge in [-0.15, -0.1) is 0 Å². The molecule has 0 spiro atoms. The summed E-state index contributed by atoms with van der Waals surface area (Å²) in [4.78, 5) is 24.7. The van der Waals surface area contributed by atoms with Crippen molar-refractivity contribution in [1.82, 2.24) is 4.90 Å². The van der Waals surface area contributed by atoms with E-state index in [2.05, 4.69) is 0 Å². The molecule has 1 aromatic carbocycles. The molecular weight excluding hydrogens is 258 g/mol. The first kappa shape index (κ1) is 14.4. The number of aliphatic carboxylic acids is 1. The average molecular weight is 277 g/mol. The van der Waals surface area contributed by atoms with E-state index in [4.69, 9.17) is 9.84 Å². The molecule has 2 rings (SSSR count). The lowest BCUT2D eigenvalue weighted by Crippen LogP contribution is -2.37. The summed E-state index contributed by atoms with van der Waals surface area (Å²) in [5.74, 6) is -0.382. The van der Waals surface area contributed by atoms with Crippen LogP contribution >= 0.6 is 0 Å². The highest BCUT2D eigenvalue weighted by Crippen LogP contribution is 2.30. The maximum atomic E-state index is 12.0. The molecule has 1 atom stereocenters. The molecule has 1 aliphatic heterocycles. The molecule has 1 fully saturated rings. The van der Waals surface area contributed by atoms with Gasteiger partial charge in [-0.25, -0.2) is 0 Å². The van der Waals surface area contributed by atoms with Crippen LogP contribution in [0.2, 0.25) is 0 Å². The third kappa shape index (κ3) is 3.10. The van der Waals surface area contributed by atoms with E-state index in [1.807, 2.05) is 31.2 Å². The van der Waals surface area contributed by atoms with E-state index in [0.29, 0.717) is 18.7 Å². The van der Waals surface area contributed by atoms with Crippen LogP contribution in [0.3, 0.4) is 0 Å². The van der Waals surface area contributed by atoms with Crippen molar-refractivity contribution >= 4 is 11.9 Å². The summed E-state index contributed by atoms with van der Waals surface area (Å²) < 4.78 is 5.43. The second-order valence-corrected chi connectivity index (χ2v) is 5.53. The van der Waals surface area contributed by atoms with Crippen LogP contribution in [0.1, 0.15) is 18.9 Å². The average Bonchev–Trinajstić information content (AvgIpc) is 2.82. The van der Waals surface area contributed by atoms with Crippen LogP contribution in [0.5, 0.6) is 5.75 Å². The van der Waals surface area contributed by atoms with E-state index in [9.17, 15) is 9.59 Å². The number of likely N-dealkylation sites (tertiary alicyclic amines) is 1. The normalized spacial score (nSPS) is 21.8. The molecule has 0 unspecified atom stereocenters. The number of ether oxygens (including phenoxy) is 1. The second kappa shape index (κ2) is 5.53.